The zero-order chi connectivity index (χ0) is 59.8. The smallest absolute Gasteiger partial charge is 0.330 e. The van der Waals surface area contributed by atoms with E-state index in [-0.39, 0.29) is 80.3 Å². The molecule has 0 aliphatic carbocycles. The summed E-state index contributed by atoms with van der Waals surface area (Å²) >= 11 is 0. The van der Waals surface area contributed by atoms with E-state index >= 15 is 0 Å². The first-order valence-electron chi connectivity index (χ1n) is 29.3. The molecule has 0 spiro atoms. The summed E-state index contributed by atoms with van der Waals surface area (Å²) in [5, 5.41) is 0.146. The molecule has 0 amide bonds. The lowest BCUT2D eigenvalue weighted by molar-refractivity contribution is -0.134. The van der Waals surface area contributed by atoms with E-state index in [0.717, 1.165) is 30.6 Å². The summed E-state index contributed by atoms with van der Waals surface area (Å²) in [5.74, 6) is 1.66. The largest absolute Gasteiger partial charge is 0.497 e. The van der Waals surface area contributed by atoms with Crippen molar-refractivity contribution >= 4 is 39.2 Å². The first-order valence-corrected chi connectivity index (χ1v) is 41.0. The third-order valence-electron chi connectivity index (χ3n) is 18.2. The van der Waals surface area contributed by atoms with Crippen LogP contribution in [0.3, 0.4) is 0 Å². The predicted molar refractivity (Wildman–Crippen MR) is 342 cm³/mol. The van der Waals surface area contributed by atoms with Gasteiger partial charge < -0.3 is 31.9 Å². The van der Waals surface area contributed by atoms with Crippen LogP contribution in [0.2, 0.25) is 72.5 Å². The van der Waals surface area contributed by atoms with Gasteiger partial charge in [-0.25, -0.2) is 4.79 Å². The molecule has 0 fully saturated rings. The van der Waals surface area contributed by atoms with Gasteiger partial charge in [-0.15, -0.1) is 0 Å². The topological polar surface area (TPSA) is 81.7 Å². The van der Waals surface area contributed by atoms with Gasteiger partial charge in [0.25, 0.3) is 0 Å². The first-order chi connectivity index (χ1) is 35.0. The van der Waals surface area contributed by atoms with Crippen molar-refractivity contribution in [1.29, 1.82) is 0 Å². The number of hydrogen-bond acceptors (Lipinski definition) is 8. The van der Waals surface area contributed by atoms with Gasteiger partial charge in [0.2, 0.25) is 0 Å². The van der Waals surface area contributed by atoms with Crippen LogP contribution in [0, 0.1) is 35.5 Å². The molecule has 77 heavy (non-hydrogen) atoms. The van der Waals surface area contributed by atoms with Crippen LogP contribution in [0.25, 0.3) is 0 Å². The summed E-state index contributed by atoms with van der Waals surface area (Å²) in [6.45, 7) is 65.4. The first kappa shape index (κ1) is 72.9. The van der Waals surface area contributed by atoms with Gasteiger partial charge in [0.05, 0.1) is 51.3 Å². The van der Waals surface area contributed by atoms with E-state index in [2.05, 4.69) is 220 Å². The van der Waals surface area contributed by atoms with Crippen LogP contribution in [-0.4, -0.2) is 84.0 Å². The summed E-state index contributed by atoms with van der Waals surface area (Å²) < 4.78 is 47.1. The highest BCUT2D eigenvalue weighted by atomic mass is 28.4. The van der Waals surface area contributed by atoms with Gasteiger partial charge in [0.1, 0.15) is 5.75 Å². The van der Waals surface area contributed by atoms with Crippen molar-refractivity contribution in [3.05, 3.63) is 91.1 Å². The Morgan fingerprint density at radius 3 is 1.49 bits per heavy atom. The Morgan fingerprint density at radius 1 is 0.545 bits per heavy atom. The SMILES string of the molecule is C=CC=C[C@H](C)[C@H](OCc1ccc(OC)cc1)[C@@H](C)[C@H](CC[C@H](C)C[C@@H](C)[C@@H](O[Si](C)(C)C(C)(C)C)[C@@H](C)C=C[C@H](C[C@H](O[Si](C)(C)C(C)(C)C)[C@@H](C)C=CC=CC(=O)OC)O[Si](C)(C)C(C)(C)C)O[Si](C)(C)C(C)(C)C. The van der Waals surface area contributed by atoms with Crippen molar-refractivity contribution < 1.29 is 36.7 Å². The van der Waals surface area contributed by atoms with Crippen LogP contribution < -0.4 is 4.74 Å². The second-order valence-corrected chi connectivity index (χ2v) is 48.1. The number of carbonyl (C=O) groups excluding carboxylic acids is 1. The van der Waals surface area contributed by atoms with Crippen LogP contribution in [0.1, 0.15) is 156 Å². The second-order valence-electron chi connectivity index (χ2n) is 29.1. The van der Waals surface area contributed by atoms with Crippen molar-refractivity contribution in [2.75, 3.05) is 14.2 Å². The lowest BCUT2D eigenvalue weighted by Crippen LogP contribution is -2.48. The van der Waals surface area contributed by atoms with Gasteiger partial charge in [-0.2, -0.15) is 0 Å². The predicted octanol–water partition coefficient (Wildman–Crippen LogP) is 19.1. The molecule has 1 rings (SSSR count). The molecule has 0 saturated heterocycles. The highest BCUT2D eigenvalue weighted by Gasteiger charge is 2.45. The van der Waals surface area contributed by atoms with Crippen LogP contribution in [0.4, 0.5) is 0 Å². The van der Waals surface area contributed by atoms with Gasteiger partial charge in [-0.1, -0.05) is 192 Å². The van der Waals surface area contributed by atoms with Crippen LogP contribution >= 0.6 is 0 Å². The molecule has 1 aromatic carbocycles. The number of benzene rings is 1. The molecule has 0 N–H and O–H groups in total. The molecule has 444 valence electrons. The molecule has 0 aliphatic heterocycles. The van der Waals surface area contributed by atoms with Gasteiger partial charge in [-0.3, -0.25) is 0 Å². The minimum absolute atomic E-state index is 0.0114. The number of ether oxygens (including phenoxy) is 3. The van der Waals surface area contributed by atoms with E-state index in [1.54, 1.807) is 13.2 Å². The van der Waals surface area contributed by atoms with Crippen LogP contribution in [-0.2, 0) is 38.6 Å². The number of methoxy groups -OCH3 is 2. The number of esters is 1. The Hall–Kier alpha value is -2.14. The monoisotopic (exact) mass is 1140 g/mol. The Morgan fingerprint density at radius 2 is 1.01 bits per heavy atom. The van der Waals surface area contributed by atoms with Gasteiger partial charge in [-0.05, 0) is 133 Å². The average Bonchev–Trinajstić information content (AvgIpc) is 3.29. The molecular formula is C65H120O8Si4. The fourth-order valence-electron chi connectivity index (χ4n) is 8.70. The Balaban J connectivity index is 3.84. The molecule has 0 unspecified atom stereocenters. The van der Waals surface area contributed by atoms with Crippen molar-refractivity contribution in [2.45, 2.75) is 260 Å². The summed E-state index contributed by atoms with van der Waals surface area (Å²) in [7, 11) is -5.73. The van der Waals surface area contributed by atoms with Crippen molar-refractivity contribution in [2.24, 2.45) is 35.5 Å². The minimum atomic E-state index is -2.24. The van der Waals surface area contributed by atoms with E-state index in [1.165, 1.54) is 13.2 Å². The Bertz CT molecular complexity index is 2010. The van der Waals surface area contributed by atoms with Crippen LogP contribution in [0.15, 0.2) is 85.5 Å². The van der Waals surface area contributed by atoms with Crippen molar-refractivity contribution in [3.63, 3.8) is 0 Å². The number of carbonyl (C=O) groups is 1. The van der Waals surface area contributed by atoms with E-state index in [0.29, 0.717) is 24.9 Å². The summed E-state index contributed by atoms with van der Waals surface area (Å²) in [6.07, 6.45) is 21.6. The molecule has 0 radical (unpaired) electrons. The summed E-state index contributed by atoms with van der Waals surface area (Å²) in [4.78, 5) is 11.9. The van der Waals surface area contributed by atoms with Gasteiger partial charge in [0, 0.05) is 24.3 Å². The van der Waals surface area contributed by atoms with Crippen molar-refractivity contribution in [1.82, 2.24) is 0 Å². The second kappa shape index (κ2) is 30.8. The Labute approximate surface area is 479 Å². The molecule has 0 heterocycles. The molecule has 0 aliphatic rings. The maximum absolute atomic E-state index is 11.9. The molecule has 12 heteroatoms. The lowest BCUT2D eigenvalue weighted by atomic mass is 9.82. The molecular weight excluding hydrogens is 1020 g/mol. The molecule has 0 aromatic heterocycles. The van der Waals surface area contributed by atoms with Crippen molar-refractivity contribution in [3.8, 4) is 5.75 Å². The maximum atomic E-state index is 11.9. The standard InChI is InChI=1S/C65H120O8Si4/c1-30-31-34-50(4)61(69-47-54-39-42-55(67-20)43-40-54)53(7)57(71-75(24,25)63(11,12)13)44-37-48(2)45-52(6)60(73-77(28,29)65(17,18)19)51(5)38-41-56(70-74(22,23)62(8,9)10)46-58(72-76(26,27)64(14,15)16)49(3)35-32-33-36-59(66)68-21/h30-36,38-43,48-53,56-58,60-61H,1,37,44-47H2,2-29H3/t48-,49-,50-,51-,52+,53-,56+,57-,58-,60-,61-/m0/s1. The van der Waals surface area contributed by atoms with E-state index in [1.807, 2.05) is 30.4 Å². The minimum Gasteiger partial charge on any atom is -0.497 e. The quantitative estimate of drug-likeness (QED) is 0.0232. The van der Waals surface area contributed by atoms with E-state index in [9.17, 15) is 4.79 Å². The van der Waals surface area contributed by atoms with E-state index in [4.69, 9.17) is 31.9 Å². The number of hydrogen-bond donors (Lipinski definition) is 0. The highest BCUT2D eigenvalue weighted by Crippen LogP contribution is 2.44. The fraction of sp³-hybridized carbons (Fsp3) is 0.738. The zero-order valence-corrected chi connectivity index (χ0v) is 58.9. The normalized spacial score (nSPS) is 18.5. The highest BCUT2D eigenvalue weighted by molar-refractivity contribution is 6.75. The third-order valence-corrected chi connectivity index (χ3v) is 36.2. The van der Waals surface area contributed by atoms with Crippen LogP contribution in [0.5, 0.6) is 5.75 Å². The number of allylic oxidation sites excluding steroid dienone is 4. The van der Waals surface area contributed by atoms with E-state index < -0.39 is 33.3 Å². The zero-order valence-electron chi connectivity index (χ0n) is 54.9. The molecule has 8 nitrogen and oxygen atoms in total. The maximum Gasteiger partial charge on any atom is 0.330 e. The molecule has 1 aromatic rings. The van der Waals surface area contributed by atoms with Gasteiger partial charge >= 0.3 is 5.97 Å². The molecule has 0 saturated carbocycles. The summed E-state index contributed by atoms with van der Waals surface area (Å²) in [6, 6.07) is 8.20. The Kier molecular flexibility index (Phi) is 29.1. The fourth-order valence-corrected chi connectivity index (χ4v) is 14.3. The average molecular weight is 1140 g/mol. The summed E-state index contributed by atoms with van der Waals surface area (Å²) in [5.41, 5.74) is 1.12. The third kappa shape index (κ3) is 24.1. The van der Waals surface area contributed by atoms with Gasteiger partial charge in [0.15, 0.2) is 33.3 Å². The molecule has 0 bridgehead atoms. The molecule has 11 atom stereocenters. The number of rotatable bonds is 32. The lowest BCUT2D eigenvalue weighted by Gasteiger charge is -2.44.